The Balaban J connectivity index is 0. The first-order chi connectivity index (χ1) is 5.26. The summed E-state index contributed by atoms with van der Waals surface area (Å²) in [6.07, 6.45) is 3.40. The molecule has 0 saturated carbocycles. The molecule has 0 N–H and O–H groups in total. The van der Waals surface area contributed by atoms with E-state index in [1.807, 2.05) is 20.8 Å². The predicted molar refractivity (Wildman–Crippen MR) is 51.5 cm³/mol. The zero-order valence-corrected chi connectivity index (χ0v) is 7.98. The molecular formula is C10H18O. The Morgan fingerprint density at radius 1 is 1.18 bits per heavy atom. The van der Waals surface area contributed by atoms with Crippen LogP contribution in [-0.2, 0) is 4.74 Å². The van der Waals surface area contributed by atoms with Gasteiger partial charge in [-0.15, -0.1) is 0 Å². The first-order valence-corrected chi connectivity index (χ1v) is 3.76. The predicted octanol–water partition coefficient (Wildman–Crippen LogP) is 3.31. The number of hydrogen-bond donors (Lipinski definition) is 0. The summed E-state index contributed by atoms with van der Waals surface area (Å²) in [6.45, 7) is 13.1. The topological polar surface area (TPSA) is 9.23 Å². The summed E-state index contributed by atoms with van der Waals surface area (Å²) >= 11 is 0. The van der Waals surface area contributed by atoms with Crippen LogP contribution in [0.1, 0.15) is 20.8 Å². The molecule has 11 heavy (non-hydrogen) atoms. The standard InChI is InChI=1S/C8H12O.C2H6/c1-5-7(3)8(6-2)9-4;1-2/h5-6H,1-2H2,3-4H3;1-2H3/b8-7+;. The van der Waals surface area contributed by atoms with Crippen LogP contribution < -0.4 is 0 Å². The highest BCUT2D eigenvalue weighted by atomic mass is 16.5. The summed E-state index contributed by atoms with van der Waals surface area (Å²) in [7, 11) is 1.62. The number of methoxy groups -OCH3 is 1. The monoisotopic (exact) mass is 154 g/mol. The van der Waals surface area contributed by atoms with Gasteiger partial charge in [0.2, 0.25) is 0 Å². The molecular weight excluding hydrogens is 136 g/mol. The average molecular weight is 154 g/mol. The van der Waals surface area contributed by atoms with Gasteiger partial charge in [0.25, 0.3) is 0 Å². The van der Waals surface area contributed by atoms with Crippen molar-refractivity contribution in [3.05, 3.63) is 36.6 Å². The summed E-state index contributed by atoms with van der Waals surface area (Å²) < 4.78 is 4.94. The molecule has 0 rings (SSSR count). The van der Waals surface area contributed by atoms with Gasteiger partial charge in [0, 0.05) is 0 Å². The van der Waals surface area contributed by atoms with Gasteiger partial charge in [0.15, 0.2) is 0 Å². The van der Waals surface area contributed by atoms with Gasteiger partial charge in [0.05, 0.1) is 7.11 Å². The third kappa shape index (κ3) is 5.46. The van der Waals surface area contributed by atoms with Gasteiger partial charge in [0.1, 0.15) is 5.76 Å². The lowest BCUT2D eigenvalue weighted by atomic mass is 10.2. The molecule has 0 atom stereocenters. The van der Waals surface area contributed by atoms with Crippen molar-refractivity contribution in [2.45, 2.75) is 20.8 Å². The second-order valence-electron chi connectivity index (χ2n) is 1.66. The molecule has 1 nitrogen and oxygen atoms in total. The zero-order chi connectivity index (χ0) is 9.28. The van der Waals surface area contributed by atoms with Gasteiger partial charge >= 0.3 is 0 Å². The van der Waals surface area contributed by atoms with Crippen molar-refractivity contribution in [1.82, 2.24) is 0 Å². The van der Waals surface area contributed by atoms with E-state index in [1.54, 1.807) is 19.3 Å². The molecule has 0 aromatic carbocycles. The lowest BCUT2D eigenvalue weighted by Gasteiger charge is -2.00. The third-order valence-electron chi connectivity index (χ3n) is 1.10. The largest absolute Gasteiger partial charge is 0.497 e. The lowest BCUT2D eigenvalue weighted by Crippen LogP contribution is -1.83. The molecule has 0 amide bonds. The Bertz CT molecular complexity index is 143. The molecule has 0 aromatic rings. The number of ether oxygens (including phenoxy) is 1. The first kappa shape index (κ1) is 12.7. The number of allylic oxidation sites excluding steroid dienone is 3. The summed E-state index contributed by atoms with van der Waals surface area (Å²) in [4.78, 5) is 0. The lowest BCUT2D eigenvalue weighted by molar-refractivity contribution is 0.304. The molecule has 0 saturated heterocycles. The van der Waals surface area contributed by atoms with E-state index in [0.29, 0.717) is 0 Å². The van der Waals surface area contributed by atoms with E-state index in [9.17, 15) is 0 Å². The van der Waals surface area contributed by atoms with E-state index in [4.69, 9.17) is 4.74 Å². The Labute approximate surface area is 70.1 Å². The minimum atomic E-state index is 0.782. The average Bonchev–Trinajstić information content (AvgIpc) is 2.10. The van der Waals surface area contributed by atoms with Crippen molar-refractivity contribution in [1.29, 1.82) is 0 Å². The smallest absolute Gasteiger partial charge is 0.121 e. The molecule has 0 radical (unpaired) electrons. The van der Waals surface area contributed by atoms with Crippen LogP contribution in [0.5, 0.6) is 0 Å². The minimum absolute atomic E-state index is 0.782. The summed E-state index contributed by atoms with van der Waals surface area (Å²) in [5.41, 5.74) is 1.01. The fraction of sp³-hybridized carbons (Fsp3) is 0.400. The van der Waals surface area contributed by atoms with E-state index in [1.165, 1.54) is 0 Å². The maximum Gasteiger partial charge on any atom is 0.121 e. The van der Waals surface area contributed by atoms with Gasteiger partial charge in [-0.1, -0.05) is 33.1 Å². The van der Waals surface area contributed by atoms with E-state index >= 15 is 0 Å². The third-order valence-corrected chi connectivity index (χ3v) is 1.10. The van der Waals surface area contributed by atoms with Crippen LogP contribution in [-0.4, -0.2) is 7.11 Å². The summed E-state index contributed by atoms with van der Waals surface area (Å²) in [6, 6.07) is 0. The van der Waals surface area contributed by atoms with Crippen LogP contribution in [0.2, 0.25) is 0 Å². The molecule has 0 aliphatic heterocycles. The van der Waals surface area contributed by atoms with Crippen molar-refractivity contribution in [2.24, 2.45) is 0 Å². The zero-order valence-electron chi connectivity index (χ0n) is 7.98. The fourth-order valence-electron chi connectivity index (χ4n) is 0.506. The van der Waals surface area contributed by atoms with E-state index in [0.717, 1.165) is 11.3 Å². The second-order valence-corrected chi connectivity index (χ2v) is 1.66. The highest BCUT2D eigenvalue weighted by molar-refractivity contribution is 5.24. The van der Waals surface area contributed by atoms with Crippen molar-refractivity contribution >= 4 is 0 Å². The van der Waals surface area contributed by atoms with Crippen LogP contribution in [0.15, 0.2) is 36.6 Å². The SMILES string of the molecule is C=C/C(C)=C(\C=C)OC.CC. The highest BCUT2D eigenvalue weighted by Crippen LogP contribution is 2.05. The minimum Gasteiger partial charge on any atom is -0.497 e. The molecule has 0 fully saturated rings. The van der Waals surface area contributed by atoms with Gasteiger partial charge in [-0.05, 0) is 18.6 Å². The van der Waals surface area contributed by atoms with Gasteiger partial charge in [-0.25, -0.2) is 0 Å². The van der Waals surface area contributed by atoms with Gasteiger partial charge < -0.3 is 4.74 Å². The molecule has 0 aliphatic rings. The molecule has 0 unspecified atom stereocenters. The number of rotatable bonds is 3. The van der Waals surface area contributed by atoms with E-state index in [-0.39, 0.29) is 0 Å². The highest BCUT2D eigenvalue weighted by Gasteiger charge is 1.90. The van der Waals surface area contributed by atoms with Crippen LogP contribution in [0.25, 0.3) is 0 Å². The maximum atomic E-state index is 4.94. The molecule has 0 aliphatic carbocycles. The Hall–Kier alpha value is -0.980. The Morgan fingerprint density at radius 2 is 1.64 bits per heavy atom. The van der Waals surface area contributed by atoms with E-state index < -0.39 is 0 Å². The van der Waals surface area contributed by atoms with Gasteiger partial charge in [-0.2, -0.15) is 0 Å². The Morgan fingerprint density at radius 3 is 1.73 bits per heavy atom. The maximum absolute atomic E-state index is 4.94. The number of hydrogen-bond acceptors (Lipinski definition) is 1. The molecule has 0 bridgehead atoms. The molecule has 64 valence electrons. The first-order valence-electron chi connectivity index (χ1n) is 3.76. The van der Waals surface area contributed by atoms with Crippen molar-refractivity contribution in [3.8, 4) is 0 Å². The van der Waals surface area contributed by atoms with Crippen molar-refractivity contribution in [3.63, 3.8) is 0 Å². The molecule has 0 aromatic heterocycles. The normalized spacial score (nSPS) is 10.2. The molecule has 0 spiro atoms. The van der Waals surface area contributed by atoms with Gasteiger partial charge in [-0.3, -0.25) is 0 Å². The van der Waals surface area contributed by atoms with Crippen LogP contribution in [0.3, 0.4) is 0 Å². The van der Waals surface area contributed by atoms with Crippen molar-refractivity contribution in [2.75, 3.05) is 7.11 Å². The Kier molecular flexibility index (Phi) is 10.4. The second kappa shape index (κ2) is 9.02. The van der Waals surface area contributed by atoms with Crippen LogP contribution >= 0.6 is 0 Å². The van der Waals surface area contributed by atoms with Crippen LogP contribution in [0.4, 0.5) is 0 Å². The van der Waals surface area contributed by atoms with Crippen molar-refractivity contribution < 1.29 is 4.74 Å². The van der Waals surface area contributed by atoms with E-state index in [2.05, 4.69) is 13.2 Å². The fourth-order valence-corrected chi connectivity index (χ4v) is 0.506. The summed E-state index contributed by atoms with van der Waals surface area (Å²) in [5, 5.41) is 0. The quantitative estimate of drug-likeness (QED) is 0.447. The molecule has 1 heteroatoms. The summed E-state index contributed by atoms with van der Waals surface area (Å²) in [5.74, 6) is 0.782. The molecule has 0 heterocycles. The van der Waals surface area contributed by atoms with Crippen LogP contribution in [0, 0.1) is 0 Å².